The van der Waals surface area contributed by atoms with Gasteiger partial charge in [-0.3, -0.25) is 24.0 Å². The van der Waals surface area contributed by atoms with Crippen LogP contribution in [0.5, 0.6) is 0 Å². The zero-order chi connectivity index (χ0) is 28.8. The molecule has 210 valence electrons. The Labute approximate surface area is 242 Å². The summed E-state index contributed by atoms with van der Waals surface area (Å²) in [6.45, 7) is 7.09. The van der Waals surface area contributed by atoms with E-state index in [4.69, 9.17) is 16.6 Å². The summed E-state index contributed by atoms with van der Waals surface area (Å²) in [5.41, 5.74) is 6.92. The first kappa shape index (κ1) is 26.7. The van der Waals surface area contributed by atoms with E-state index in [0.29, 0.717) is 27.7 Å². The molecule has 41 heavy (non-hydrogen) atoms. The highest BCUT2D eigenvalue weighted by Crippen LogP contribution is 2.34. The van der Waals surface area contributed by atoms with Gasteiger partial charge in [-0.05, 0) is 55.8 Å². The maximum atomic E-state index is 13.4. The summed E-state index contributed by atoms with van der Waals surface area (Å²) in [5, 5.41) is 3.74. The van der Waals surface area contributed by atoms with E-state index in [9.17, 15) is 9.59 Å². The molecule has 9 nitrogen and oxygen atoms in total. The van der Waals surface area contributed by atoms with Crippen molar-refractivity contribution >= 4 is 45.9 Å². The van der Waals surface area contributed by atoms with Crippen molar-refractivity contribution in [1.82, 2.24) is 18.9 Å². The molecule has 0 radical (unpaired) electrons. The first-order valence-corrected chi connectivity index (χ1v) is 14.0. The maximum absolute atomic E-state index is 13.4. The van der Waals surface area contributed by atoms with Crippen LogP contribution in [0.4, 0.5) is 17.1 Å². The van der Waals surface area contributed by atoms with E-state index in [0.717, 1.165) is 48.5 Å². The van der Waals surface area contributed by atoms with Gasteiger partial charge in [0.15, 0.2) is 0 Å². The van der Waals surface area contributed by atoms with Crippen LogP contribution in [0.15, 0.2) is 75.2 Å². The lowest BCUT2D eigenvalue weighted by molar-refractivity contribution is 0.654. The number of anilines is 2. The fourth-order valence-corrected chi connectivity index (χ4v) is 5.65. The third-order valence-corrected chi connectivity index (χ3v) is 8.38. The molecule has 0 aliphatic carbocycles. The summed E-state index contributed by atoms with van der Waals surface area (Å²) < 4.78 is 4.77. The highest BCUT2D eigenvalue weighted by Gasteiger charge is 2.22. The Hall–Kier alpha value is -4.50. The number of H-pyrrole nitrogens is 1. The molecule has 0 unspecified atom stereocenters. The lowest BCUT2D eigenvalue weighted by Crippen LogP contribution is -2.46. The number of aromatic amines is 1. The second-order valence-electron chi connectivity index (χ2n) is 10.5. The number of imidazole rings is 1. The Morgan fingerprint density at radius 2 is 1.49 bits per heavy atom. The molecule has 0 atom stereocenters. The number of hydrogen-bond acceptors (Lipinski definition) is 5. The van der Waals surface area contributed by atoms with Crippen LogP contribution in [0.1, 0.15) is 16.8 Å². The normalized spacial score (nSPS) is 14.1. The zero-order valence-corrected chi connectivity index (χ0v) is 24.3. The minimum atomic E-state index is -0.211. The molecule has 1 N–H and O–H groups in total. The van der Waals surface area contributed by atoms with Crippen molar-refractivity contribution in [2.75, 3.05) is 36.0 Å². The Balaban J connectivity index is 1.38. The topological polar surface area (TPSA) is 83.6 Å². The number of hydrogen-bond donors (Lipinski definition) is 1. The Kier molecular flexibility index (Phi) is 6.83. The van der Waals surface area contributed by atoms with E-state index >= 15 is 0 Å². The average Bonchev–Trinajstić information content (AvgIpc) is 3.39. The van der Waals surface area contributed by atoms with E-state index in [2.05, 4.69) is 39.2 Å². The van der Waals surface area contributed by atoms with Crippen molar-refractivity contribution in [3.8, 4) is 5.69 Å². The van der Waals surface area contributed by atoms with Crippen molar-refractivity contribution in [3.63, 3.8) is 0 Å². The van der Waals surface area contributed by atoms with Crippen molar-refractivity contribution < 1.29 is 0 Å². The third kappa shape index (κ3) is 4.76. The standard InChI is InChI=1S/C31H32ClN7O2/c1-20-10-11-23(16-25(20)32)39-30(40)24(21(2)34-39)19-33-26-17-28-29(36(4)31(41)35(28)3)18-27(26)38-14-12-37(13-15-38)22-8-6-5-7-9-22/h5-11,16-19,34H,12-15H2,1-4H3. The summed E-state index contributed by atoms with van der Waals surface area (Å²) in [7, 11) is 3.55. The Morgan fingerprint density at radius 3 is 2.17 bits per heavy atom. The molecule has 3 aromatic carbocycles. The molecular weight excluding hydrogens is 538 g/mol. The van der Waals surface area contributed by atoms with Gasteiger partial charge in [0.1, 0.15) is 0 Å². The second-order valence-corrected chi connectivity index (χ2v) is 10.9. The smallest absolute Gasteiger partial charge is 0.328 e. The van der Waals surface area contributed by atoms with Crippen LogP contribution in [-0.2, 0) is 14.1 Å². The number of rotatable bonds is 5. The number of halogens is 1. The predicted molar refractivity (Wildman–Crippen MR) is 167 cm³/mol. The highest BCUT2D eigenvalue weighted by molar-refractivity contribution is 6.31. The molecule has 0 saturated carbocycles. The molecule has 1 aliphatic rings. The predicted octanol–water partition coefficient (Wildman–Crippen LogP) is 4.70. The number of para-hydroxylation sites is 1. The van der Waals surface area contributed by atoms with Crippen LogP contribution < -0.4 is 21.0 Å². The van der Waals surface area contributed by atoms with Crippen molar-refractivity contribution in [2.45, 2.75) is 13.8 Å². The van der Waals surface area contributed by atoms with Gasteiger partial charge in [-0.1, -0.05) is 35.9 Å². The number of nitrogens with one attached hydrogen (secondary N) is 1. The summed E-state index contributed by atoms with van der Waals surface area (Å²) in [6.07, 6.45) is 1.62. The quantitative estimate of drug-likeness (QED) is 0.311. The minimum absolute atomic E-state index is 0.0953. The average molecular weight is 570 g/mol. The number of nitrogens with zero attached hydrogens (tertiary/aromatic N) is 6. The van der Waals surface area contributed by atoms with Gasteiger partial charge in [-0.15, -0.1) is 0 Å². The van der Waals surface area contributed by atoms with Gasteiger partial charge in [-0.25, -0.2) is 9.48 Å². The molecule has 1 fully saturated rings. The first-order chi connectivity index (χ1) is 19.7. The molecule has 0 spiro atoms. The van der Waals surface area contributed by atoms with E-state index in [1.165, 1.54) is 10.4 Å². The number of aromatic nitrogens is 4. The van der Waals surface area contributed by atoms with Crippen LogP contribution in [0.25, 0.3) is 16.7 Å². The number of fused-ring (bicyclic) bond motifs is 1. The molecule has 1 saturated heterocycles. The van der Waals surface area contributed by atoms with Crippen LogP contribution in [-0.4, -0.2) is 51.3 Å². The van der Waals surface area contributed by atoms with Gasteiger partial charge in [-0.2, -0.15) is 0 Å². The molecular formula is C31H32ClN7O2. The molecule has 1 aliphatic heterocycles. The number of aliphatic imine (C=N–C) groups is 1. The molecule has 6 rings (SSSR count). The molecule has 0 bridgehead atoms. The Bertz CT molecular complexity index is 1900. The van der Waals surface area contributed by atoms with E-state index in [-0.39, 0.29) is 11.2 Å². The highest BCUT2D eigenvalue weighted by atomic mass is 35.5. The minimum Gasteiger partial charge on any atom is -0.368 e. The van der Waals surface area contributed by atoms with Crippen molar-refractivity contribution in [2.24, 2.45) is 19.1 Å². The SMILES string of the molecule is Cc1ccc(-n2[nH]c(C)c(C=Nc3cc4c(cc3N3CCN(c5ccccc5)CC3)n(C)c(=O)n4C)c2=O)cc1Cl. The molecule has 5 aromatic rings. The number of aryl methyl sites for hydroxylation is 4. The van der Waals surface area contributed by atoms with Crippen LogP contribution >= 0.6 is 11.6 Å². The largest absolute Gasteiger partial charge is 0.368 e. The molecule has 3 heterocycles. The van der Waals surface area contributed by atoms with Crippen molar-refractivity contribution in [3.05, 3.63) is 103 Å². The lowest BCUT2D eigenvalue weighted by atomic mass is 10.1. The number of benzene rings is 3. The molecule has 0 amide bonds. The van der Waals surface area contributed by atoms with Crippen molar-refractivity contribution in [1.29, 1.82) is 0 Å². The summed E-state index contributed by atoms with van der Waals surface area (Å²) in [4.78, 5) is 35.7. The van der Waals surface area contributed by atoms with Crippen LogP contribution in [0.2, 0.25) is 5.02 Å². The fraction of sp³-hybridized carbons (Fsp3) is 0.258. The first-order valence-electron chi connectivity index (χ1n) is 13.6. The summed E-state index contributed by atoms with van der Waals surface area (Å²) in [6, 6.07) is 19.9. The number of piperazine rings is 1. The van der Waals surface area contributed by atoms with Gasteiger partial charge in [0.2, 0.25) is 0 Å². The maximum Gasteiger partial charge on any atom is 0.328 e. The van der Waals surface area contributed by atoms with Crippen LogP contribution in [0, 0.1) is 13.8 Å². The van der Waals surface area contributed by atoms with Gasteiger partial charge in [0.25, 0.3) is 5.56 Å². The van der Waals surface area contributed by atoms with Gasteiger partial charge in [0.05, 0.1) is 33.7 Å². The molecule has 10 heteroatoms. The summed E-state index contributed by atoms with van der Waals surface area (Å²) in [5.74, 6) is 0. The fourth-order valence-electron chi connectivity index (χ4n) is 5.47. The van der Waals surface area contributed by atoms with Crippen LogP contribution in [0.3, 0.4) is 0 Å². The third-order valence-electron chi connectivity index (χ3n) is 7.97. The van der Waals surface area contributed by atoms with E-state index in [1.54, 1.807) is 35.5 Å². The van der Waals surface area contributed by atoms with E-state index < -0.39 is 0 Å². The van der Waals surface area contributed by atoms with Gasteiger partial charge >= 0.3 is 5.69 Å². The van der Waals surface area contributed by atoms with Gasteiger partial charge in [0, 0.05) is 62.9 Å². The molecule has 2 aromatic heterocycles. The second kappa shape index (κ2) is 10.5. The zero-order valence-electron chi connectivity index (χ0n) is 23.6. The lowest BCUT2D eigenvalue weighted by Gasteiger charge is -2.37. The van der Waals surface area contributed by atoms with Gasteiger partial charge < -0.3 is 9.80 Å². The summed E-state index contributed by atoms with van der Waals surface area (Å²) >= 11 is 6.32. The Morgan fingerprint density at radius 1 is 0.829 bits per heavy atom. The monoisotopic (exact) mass is 569 g/mol. The van der Waals surface area contributed by atoms with E-state index in [1.807, 2.05) is 44.2 Å².